The highest BCUT2D eigenvalue weighted by atomic mass is 35.5. The summed E-state index contributed by atoms with van der Waals surface area (Å²) in [6.07, 6.45) is -4.82. The van der Waals surface area contributed by atoms with E-state index >= 15 is 0 Å². The van der Waals surface area contributed by atoms with E-state index in [0.29, 0.717) is 23.1 Å². The zero-order chi connectivity index (χ0) is 24.4. The Morgan fingerprint density at radius 1 is 1.06 bits per heavy atom. The molecule has 2 unspecified atom stereocenters. The molecular weight excluding hydrogens is 458 g/mol. The van der Waals surface area contributed by atoms with Crippen molar-refractivity contribution >= 4 is 23.5 Å². The molecule has 1 aliphatic rings. The minimum atomic E-state index is -2.27. The number of carboxylic acid groups (broad SMARTS) is 2. The zero-order valence-electron chi connectivity index (χ0n) is 17.8. The molecule has 0 bridgehead atoms. The highest BCUT2D eigenvalue weighted by Gasteiger charge is 2.30. The normalized spacial score (nSPS) is 18.1. The van der Waals surface area contributed by atoms with Crippen molar-refractivity contribution in [3.05, 3.63) is 59.1 Å². The van der Waals surface area contributed by atoms with Gasteiger partial charge >= 0.3 is 11.9 Å². The number of methoxy groups -OCH3 is 1. The van der Waals surface area contributed by atoms with Gasteiger partial charge in [0, 0.05) is 24.2 Å². The van der Waals surface area contributed by atoms with Gasteiger partial charge in [0.2, 0.25) is 0 Å². The molecule has 4 atom stereocenters. The highest BCUT2D eigenvalue weighted by Crippen LogP contribution is 2.35. The number of benzene rings is 2. The fraction of sp³-hybridized carbons (Fsp3) is 0.364. The van der Waals surface area contributed by atoms with Gasteiger partial charge in [-0.1, -0.05) is 41.9 Å². The lowest BCUT2D eigenvalue weighted by Gasteiger charge is -2.32. The maximum Gasteiger partial charge on any atom is 0.335 e. The second-order valence-electron chi connectivity index (χ2n) is 6.92. The Morgan fingerprint density at radius 2 is 1.70 bits per heavy atom. The number of aliphatic hydroxyl groups is 2. The SMILES string of the molecule is COc1cc(Cl)ccc1O[C@@H](c1ccccc1)[C@@H]1CNCCO1.O=C(O)C(O)C(O)C(=O)O. The zero-order valence-corrected chi connectivity index (χ0v) is 18.5. The predicted molar refractivity (Wildman–Crippen MR) is 118 cm³/mol. The molecule has 0 aliphatic carbocycles. The average Bonchev–Trinajstić information content (AvgIpc) is 2.83. The molecule has 1 aliphatic heterocycles. The number of nitrogens with one attached hydrogen (secondary N) is 1. The number of carboxylic acids is 2. The summed E-state index contributed by atoms with van der Waals surface area (Å²) in [5.41, 5.74) is 1.07. The first-order chi connectivity index (χ1) is 15.7. The van der Waals surface area contributed by atoms with Crippen molar-refractivity contribution in [2.75, 3.05) is 26.8 Å². The van der Waals surface area contributed by atoms with Crippen molar-refractivity contribution in [1.29, 1.82) is 0 Å². The number of aliphatic hydroxyl groups excluding tert-OH is 2. The molecule has 0 aromatic heterocycles. The van der Waals surface area contributed by atoms with Crippen LogP contribution in [0.1, 0.15) is 11.7 Å². The van der Waals surface area contributed by atoms with E-state index in [2.05, 4.69) is 5.32 Å². The first kappa shape index (κ1) is 26.4. The molecule has 2 aromatic rings. The summed E-state index contributed by atoms with van der Waals surface area (Å²) in [6.45, 7) is 2.28. The fourth-order valence-corrected chi connectivity index (χ4v) is 3.09. The number of halogens is 1. The second-order valence-corrected chi connectivity index (χ2v) is 7.36. The molecule has 1 heterocycles. The van der Waals surface area contributed by atoms with E-state index in [1.807, 2.05) is 36.4 Å². The van der Waals surface area contributed by atoms with Crippen molar-refractivity contribution in [1.82, 2.24) is 5.32 Å². The van der Waals surface area contributed by atoms with Crippen molar-refractivity contribution in [2.45, 2.75) is 24.4 Å². The van der Waals surface area contributed by atoms with Crippen molar-refractivity contribution in [3.8, 4) is 11.5 Å². The molecule has 0 radical (unpaired) electrons. The second kappa shape index (κ2) is 13.0. The first-order valence-corrected chi connectivity index (χ1v) is 10.3. The van der Waals surface area contributed by atoms with E-state index in [9.17, 15) is 9.59 Å². The van der Waals surface area contributed by atoms with Crippen LogP contribution in [0.4, 0.5) is 0 Å². The van der Waals surface area contributed by atoms with Crippen LogP contribution in [0.3, 0.4) is 0 Å². The van der Waals surface area contributed by atoms with Gasteiger partial charge in [-0.25, -0.2) is 9.59 Å². The fourth-order valence-electron chi connectivity index (χ4n) is 2.93. The third kappa shape index (κ3) is 7.88. The van der Waals surface area contributed by atoms with E-state index in [1.54, 1.807) is 19.2 Å². The summed E-state index contributed by atoms with van der Waals surface area (Å²) in [5, 5.41) is 36.5. The molecule has 33 heavy (non-hydrogen) atoms. The van der Waals surface area contributed by atoms with E-state index < -0.39 is 24.1 Å². The Labute approximate surface area is 195 Å². The van der Waals surface area contributed by atoms with Crippen LogP contribution in [0.2, 0.25) is 5.02 Å². The number of hydrogen-bond acceptors (Lipinski definition) is 8. The van der Waals surface area contributed by atoms with Gasteiger partial charge in [-0.15, -0.1) is 0 Å². The van der Waals surface area contributed by atoms with E-state index in [0.717, 1.165) is 18.7 Å². The van der Waals surface area contributed by atoms with Crippen LogP contribution in [0.5, 0.6) is 11.5 Å². The van der Waals surface area contributed by atoms with Gasteiger partial charge in [0.25, 0.3) is 0 Å². The molecule has 0 spiro atoms. The molecule has 2 aromatic carbocycles. The van der Waals surface area contributed by atoms with Gasteiger partial charge in [0.1, 0.15) is 6.10 Å². The van der Waals surface area contributed by atoms with Gasteiger partial charge in [0.05, 0.1) is 13.7 Å². The molecule has 0 amide bonds. The lowest BCUT2D eigenvalue weighted by Crippen LogP contribution is -2.43. The predicted octanol–water partition coefficient (Wildman–Crippen LogP) is 1.33. The van der Waals surface area contributed by atoms with Crippen LogP contribution in [0, 0.1) is 0 Å². The molecule has 5 N–H and O–H groups in total. The van der Waals surface area contributed by atoms with Gasteiger partial charge < -0.3 is 40.0 Å². The monoisotopic (exact) mass is 483 g/mol. The van der Waals surface area contributed by atoms with Gasteiger partial charge in [0.15, 0.2) is 29.8 Å². The number of aliphatic carboxylic acids is 2. The summed E-state index contributed by atoms with van der Waals surface area (Å²) in [4.78, 5) is 19.5. The Hall–Kier alpha value is -2.89. The molecule has 11 heteroatoms. The standard InChI is InChI=1S/C18H20ClNO3.C4H6O6/c1-21-16-11-14(19)7-8-15(16)23-18(13-5-3-2-4-6-13)17-12-20-9-10-22-17;5-1(3(7)8)2(6)4(9)10/h2-8,11,17-18,20H,9-10,12H2,1H3;1-2,5-6H,(H,7,8)(H,9,10)/t17-,18-;/m0./s1. The summed E-state index contributed by atoms with van der Waals surface area (Å²) in [5.74, 6) is -2.27. The van der Waals surface area contributed by atoms with Crippen LogP contribution in [-0.2, 0) is 14.3 Å². The maximum atomic E-state index is 9.77. The first-order valence-electron chi connectivity index (χ1n) is 9.93. The number of morpholine rings is 1. The average molecular weight is 484 g/mol. The number of hydrogen-bond donors (Lipinski definition) is 5. The third-order valence-electron chi connectivity index (χ3n) is 4.61. The molecule has 10 nitrogen and oxygen atoms in total. The maximum absolute atomic E-state index is 9.77. The Kier molecular flexibility index (Phi) is 10.4. The molecular formula is C22H26ClNO9. The molecule has 180 valence electrons. The third-order valence-corrected chi connectivity index (χ3v) is 4.84. The topological polar surface area (TPSA) is 155 Å². The number of carbonyl (C=O) groups is 2. The van der Waals surface area contributed by atoms with Gasteiger partial charge in [-0.05, 0) is 17.7 Å². The smallest absolute Gasteiger partial charge is 0.335 e. The van der Waals surface area contributed by atoms with Crippen LogP contribution >= 0.6 is 11.6 Å². The van der Waals surface area contributed by atoms with Crippen molar-refractivity contribution in [2.24, 2.45) is 0 Å². The van der Waals surface area contributed by atoms with Crippen LogP contribution in [0.25, 0.3) is 0 Å². The van der Waals surface area contributed by atoms with Crippen molar-refractivity contribution in [3.63, 3.8) is 0 Å². The minimum Gasteiger partial charge on any atom is -0.493 e. The lowest BCUT2D eigenvalue weighted by molar-refractivity contribution is -0.165. The van der Waals surface area contributed by atoms with E-state index in [-0.39, 0.29) is 12.2 Å². The number of rotatable bonds is 8. The lowest BCUT2D eigenvalue weighted by atomic mass is 10.0. The Bertz CT molecular complexity index is 888. The summed E-state index contributed by atoms with van der Waals surface area (Å²) >= 11 is 6.03. The van der Waals surface area contributed by atoms with Crippen LogP contribution < -0.4 is 14.8 Å². The minimum absolute atomic E-state index is 0.0634. The van der Waals surface area contributed by atoms with Crippen LogP contribution in [-0.4, -0.2) is 77.5 Å². The van der Waals surface area contributed by atoms with E-state index in [1.165, 1.54) is 0 Å². The number of ether oxygens (including phenoxy) is 3. The van der Waals surface area contributed by atoms with Gasteiger partial charge in [-0.2, -0.15) is 0 Å². The molecule has 0 saturated carbocycles. The summed E-state index contributed by atoms with van der Waals surface area (Å²) < 4.78 is 17.6. The molecule has 1 fully saturated rings. The summed E-state index contributed by atoms with van der Waals surface area (Å²) in [7, 11) is 1.61. The van der Waals surface area contributed by atoms with E-state index in [4.69, 9.17) is 46.2 Å². The largest absolute Gasteiger partial charge is 0.493 e. The Balaban J connectivity index is 0.000000328. The van der Waals surface area contributed by atoms with Crippen molar-refractivity contribution < 1.29 is 44.2 Å². The molecule has 1 saturated heterocycles. The molecule has 3 rings (SSSR count). The quantitative estimate of drug-likeness (QED) is 0.371. The Morgan fingerprint density at radius 3 is 2.21 bits per heavy atom. The van der Waals surface area contributed by atoms with Gasteiger partial charge in [-0.3, -0.25) is 0 Å². The van der Waals surface area contributed by atoms with Crippen LogP contribution in [0.15, 0.2) is 48.5 Å². The summed E-state index contributed by atoms with van der Waals surface area (Å²) in [6, 6.07) is 15.5. The highest BCUT2D eigenvalue weighted by molar-refractivity contribution is 6.30.